The van der Waals surface area contributed by atoms with Crippen LogP contribution >= 0.6 is 11.8 Å². The number of carbonyl (C=O) groups excluding carboxylic acids is 1. The Labute approximate surface area is 122 Å². The molecule has 0 saturated heterocycles. The molecule has 1 unspecified atom stereocenters. The van der Waals surface area contributed by atoms with Gasteiger partial charge in [-0.05, 0) is 38.1 Å². The number of amides is 1. The normalized spacial score (nSPS) is 14.3. The van der Waals surface area contributed by atoms with Crippen LogP contribution in [0.5, 0.6) is 0 Å². The van der Waals surface area contributed by atoms with Crippen LogP contribution in [-0.2, 0) is 4.79 Å². The molecule has 1 amide bonds. The van der Waals surface area contributed by atoms with Gasteiger partial charge in [-0.15, -0.1) is 0 Å². The molecule has 20 heavy (non-hydrogen) atoms. The third-order valence-electron chi connectivity index (χ3n) is 3.22. The van der Waals surface area contributed by atoms with E-state index in [1.54, 1.807) is 0 Å². The smallest absolute Gasteiger partial charge is 0.238 e. The molecule has 4 N–H and O–H groups in total. The van der Waals surface area contributed by atoms with Crippen molar-refractivity contribution in [3.63, 3.8) is 0 Å². The molecule has 0 bridgehead atoms. The van der Waals surface area contributed by atoms with E-state index in [-0.39, 0.29) is 5.91 Å². The summed E-state index contributed by atoms with van der Waals surface area (Å²) < 4.78 is 0. The average molecular weight is 292 g/mol. The van der Waals surface area contributed by atoms with Crippen molar-refractivity contribution in [2.75, 3.05) is 12.3 Å². The van der Waals surface area contributed by atoms with Crippen LogP contribution in [0, 0.1) is 6.92 Å². The van der Waals surface area contributed by atoms with Crippen LogP contribution in [0.3, 0.4) is 0 Å². The maximum atomic E-state index is 11.6. The Hall–Kier alpha value is -1.53. The van der Waals surface area contributed by atoms with E-state index in [0.29, 0.717) is 12.3 Å². The van der Waals surface area contributed by atoms with Crippen molar-refractivity contribution in [3.05, 3.63) is 23.8 Å². The first-order valence-corrected chi connectivity index (χ1v) is 7.57. The fourth-order valence-corrected chi connectivity index (χ4v) is 3.00. The predicted molar refractivity (Wildman–Crippen MR) is 82.8 cm³/mol. The van der Waals surface area contributed by atoms with E-state index in [0.717, 1.165) is 16.2 Å². The molecule has 0 spiro atoms. The number of hydrogen-bond acceptors (Lipinski definition) is 4. The number of nitrogens with two attached hydrogens (primary N) is 1. The van der Waals surface area contributed by atoms with Gasteiger partial charge in [0.2, 0.25) is 5.91 Å². The summed E-state index contributed by atoms with van der Waals surface area (Å²) in [5, 5.41) is 3.94. The zero-order chi connectivity index (χ0) is 14.8. The Morgan fingerprint density at radius 2 is 2.30 bits per heavy atom. The summed E-state index contributed by atoms with van der Waals surface area (Å²) in [6, 6.07) is 6.08. The summed E-state index contributed by atoms with van der Waals surface area (Å²) in [5.41, 5.74) is 7.87. The summed E-state index contributed by atoms with van der Waals surface area (Å²) in [5.74, 6) is 0.188. The van der Waals surface area contributed by atoms with Crippen LogP contribution in [0.1, 0.15) is 19.4 Å². The van der Waals surface area contributed by atoms with Gasteiger partial charge in [-0.2, -0.15) is 0 Å². The number of primary amides is 1. The van der Waals surface area contributed by atoms with E-state index in [1.807, 2.05) is 32.9 Å². The van der Waals surface area contributed by atoms with E-state index in [9.17, 15) is 4.79 Å². The highest BCUT2D eigenvalue weighted by Crippen LogP contribution is 2.23. The van der Waals surface area contributed by atoms with E-state index >= 15 is 0 Å². The number of thioether (sulfide) groups is 1. The van der Waals surface area contributed by atoms with Crippen molar-refractivity contribution in [2.24, 2.45) is 5.73 Å². The highest BCUT2D eigenvalue weighted by Gasteiger charge is 2.30. The molecule has 0 aliphatic rings. The number of aromatic nitrogens is 2. The Kier molecular flexibility index (Phi) is 4.35. The summed E-state index contributed by atoms with van der Waals surface area (Å²) in [6.07, 6.45) is 0. The summed E-state index contributed by atoms with van der Waals surface area (Å²) in [4.78, 5) is 19.3. The first kappa shape index (κ1) is 14.9. The van der Waals surface area contributed by atoms with Crippen LogP contribution in [0.4, 0.5) is 0 Å². The Morgan fingerprint density at radius 3 is 2.95 bits per heavy atom. The molecule has 2 aromatic rings. The summed E-state index contributed by atoms with van der Waals surface area (Å²) >= 11 is 1.50. The average Bonchev–Trinajstić information content (AvgIpc) is 2.78. The quantitative estimate of drug-likeness (QED) is 0.709. The van der Waals surface area contributed by atoms with Crippen LogP contribution in [-0.4, -0.2) is 33.7 Å². The third kappa shape index (κ3) is 3.13. The molecule has 108 valence electrons. The van der Waals surface area contributed by atoms with Gasteiger partial charge in [0, 0.05) is 5.75 Å². The number of fused-ring (bicyclic) bond motifs is 1. The van der Waals surface area contributed by atoms with Crippen molar-refractivity contribution in [2.45, 2.75) is 31.5 Å². The largest absolute Gasteiger partial charge is 0.368 e. The summed E-state index contributed by atoms with van der Waals surface area (Å²) in [7, 11) is 0. The molecule has 2 rings (SSSR count). The Bertz CT molecular complexity index is 625. The number of benzene rings is 1. The van der Waals surface area contributed by atoms with Crippen LogP contribution < -0.4 is 11.1 Å². The molecule has 0 aliphatic heterocycles. The van der Waals surface area contributed by atoms with Gasteiger partial charge in [0.1, 0.15) is 5.54 Å². The van der Waals surface area contributed by atoms with Crippen molar-refractivity contribution in [1.29, 1.82) is 0 Å². The van der Waals surface area contributed by atoms with Crippen molar-refractivity contribution in [3.8, 4) is 0 Å². The second kappa shape index (κ2) is 5.85. The highest BCUT2D eigenvalue weighted by atomic mass is 32.2. The number of aromatic amines is 1. The van der Waals surface area contributed by atoms with Crippen LogP contribution in [0.15, 0.2) is 23.4 Å². The molecule has 0 radical (unpaired) electrons. The summed E-state index contributed by atoms with van der Waals surface area (Å²) in [6.45, 7) is 6.51. The minimum Gasteiger partial charge on any atom is -0.368 e. The number of aryl methyl sites for hydroxylation is 1. The monoisotopic (exact) mass is 292 g/mol. The van der Waals surface area contributed by atoms with Crippen LogP contribution in [0.25, 0.3) is 11.0 Å². The predicted octanol–water partition coefficient (Wildman–Crippen LogP) is 1.82. The second-order valence-corrected chi connectivity index (χ2v) is 6.04. The minimum absolute atomic E-state index is 0.348. The van der Waals surface area contributed by atoms with Gasteiger partial charge < -0.3 is 16.0 Å². The molecule has 1 aromatic heterocycles. The van der Waals surface area contributed by atoms with Gasteiger partial charge in [0.15, 0.2) is 5.16 Å². The van der Waals surface area contributed by atoms with E-state index < -0.39 is 5.54 Å². The number of imidazole rings is 1. The SMILES string of the molecule is CCNC(C)(CSc1nc2ccc(C)cc2[nH]1)C(N)=O. The van der Waals surface area contributed by atoms with Gasteiger partial charge >= 0.3 is 0 Å². The molecule has 1 aromatic carbocycles. The lowest BCUT2D eigenvalue weighted by molar-refractivity contribution is -0.122. The Morgan fingerprint density at radius 1 is 1.55 bits per heavy atom. The lowest BCUT2D eigenvalue weighted by Crippen LogP contribution is -2.55. The molecular weight excluding hydrogens is 272 g/mol. The maximum Gasteiger partial charge on any atom is 0.238 e. The molecule has 6 heteroatoms. The van der Waals surface area contributed by atoms with Crippen molar-refractivity contribution < 1.29 is 4.79 Å². The minimum atomic E-state index is -0.728. The lowest BCUT2D eigenvalue weighted by atomic mass is 10.1. The number of carbonyl (C=O) groups is 1. The fraction of sp³-hybridized carbons (Fsp3) is 0.429. The maximum absolute atomic E-state index is 11.6. The molecule has 0 aliphatic carbocycles. The zero-order valence-corrected chi connectivity index (χ0v) is 12.8. The first-order valence-electron chi connectivity index (χ1n) is 6.59. The van der Waals surface area contributed by atoms with Gasteiger partial charge in [0.05, 0.1) is 11.0 Å². The molecule has 0 saturated carbocycles. The van der Waals surface area contributed by atoms with Gasteiger partial charge in [-0.1, -0.05) is 24.8 Å². The standard InChI is InChI=1S/C14H20N4OS/c1-4-16-14(3,12(15)19)8-20-13-17-10-6-5-9(2)7-11(10)18-13/h5-7,16H,4,8H2,1-3H3,(H2,15,19)(H,17,18). The fourth-order valence-electron chi connectivity index (χ4n) is 1.98. The number of nitrogens with zero attached hydrogens (tertiary/aromatic N) is 1. The van der Waals surface area contributed by atoms with Crippen LogP contribution in [0.2, 0.25) is 0 Å². The van der Waals surface area contributed by atoms with Crippen molar-refractivity contribution >= 4 is 28.7 Å². The van der Waals surface area contributed by atoms with Crippen molar-refractivity contribution in [1.82, 2.24) is 15.3 Å². The van der Waals surface area contributed by atoms with E-state index in [4.69, 9.17) is 5.73 Å². The number of likely N-dealkylation sites (N-methyl/N-ethyl adjacent to an activating group) is 1. The number of nitrogens with one attached hydrogen (secondary N) is 2. The highest BCUT2D eigenvalue weighted by molar-refractivity contribution is 7.99. The number of rotatable bonds is 6. The third-order valence-corrected chi connectivity index (χ3v) is 4.41. The number of hydrogen-bond donors (Lipinski definition) is 3. The topological polar surface area (TPSA) is 83.8 Å². The lowest BCUT2D eigenvalue weighted by Gasteiger charge is -2.25. The van der Waals surface area contributed by atoms with Gasteiger partial charge in [0.25, 0.3) is 0 Å². The molecule has 1 atom stereocenters. The second-order valence-electron chi connectivity index (χ2n) is 5.08. The van der Waals surface area contributed by atoms with E-state index in [2.05, 4.69) is 21.4 Å². The molecule has 1 heterocycles. The zero-order valence-electron chi connectivity index (χ0n) is 12.0. The van der Waals surface area contributed by atoms with Gasteiger partial charge in [-0.3, -0.25) is 4.79 Å². The molecular formula is C14H20N4OS. The molecule has 0 fully saturated rings. The molecule has 5 nitrogen and oxygen atoms in total. The first-order chi connectivity index (χ1) is 9.44. The van der Waals surface area contributed by atoms with E-state index in [1.165, 1.54) is 17.3 Å². The van der Waals surface area contributed by atoms with Gasteiger partial charge in [-0.25, -0.2) is 4.98 Å². The Balaban J connectivity index is 2.13. The number of H-pyrrole nitrogens is 1.